The van der Waals surface area contributed by atoms with Crippen molar-refractivity contribution < 1.29 is 4.79 Å². The molecule has 0 atom stereocenters. The van der Waals surface area contributed by atoms with Gasteiger partial charge in [0.1, 0.15) is 0 Å². The lowest BCUT2D eigenvalue weighted by atomic mass is 10.1. The fourth-order valence-electron chi connectivity index (χ4n) is 4.79. The number of benzene rings is 3. The zero-order valence-corrected chi connectivity index (χ0v) is 19.1. The molecule has 0 aliphatic carbocycles. The van der Waals surface area contributed by atoms with E-state index in [4.69, 9.17) is 0 Å². The van der Waals surface area contributed by atoms with Crippen LogP contribution < -0.4 is 15.1 Å². The van der Waals surface area contributed by atoms with Gasteiger partial charge in [-0.2, -0.15) is 0 Å². The van der Waals surface area contributed by atoms with Crippen LogP contribution in [-0.4, -0.2) is 50.1 Å². The lowest BCUT2D eigenvalue weighted by Gasteiger charge is -2.36. The van der Waals surface area contributed by atoms with E-state index in [0.717, 1.165) is 51.5 Å². The minimum absolute atomic E-state index is 0.0622. The zero-order chi connectivity index (χ0) is 22.5. The average molecular weight is 441 g/mol. The summed E-state index contributed by atoms with van der Waals surface area (Å²) in [6.07, 6.45) is 2.48. The summed E-state index contributed by atoms with van der Waals surface area (Å²) in [4.78, 5) is 20.1. The third-order valence-corrected chi connectivity index (χ3v) is 6.69. The first-order valence-corrected chi connectivity index (χ1v) is 12.0. The van der Waals surface area contributed by atoms with Crippen LogP contribution in [0.1, 0.15) is 28.8 Å². The molecule has 0 aromatic heterocycles. The third-order valence-electron chi connectivity index (χ3n) is 6.69. The van der Waals surface area contributed by atoms with Crippen molar-refractivity contribution in [1.82, 2.24) is 4.90 Å². The molecule has 3 aromatic carbocycles. The Morgan fingerprint density at radius 1 is 0.697 bits per heavy atom. The van der Waals surface area contributed by atoms with E-state index in [9.17, 15) is 4.79 Å². The molecule has 33 heavy (non-hydrogen) atoms. The summed E-state index contributed by atoms with van der Waals surface area (Å²) in [5, 5.41) is 3.06. The van der Waals surface area contributed by atoms with Gasteiger partial charge in [0, 0.05) is 68.4 Å². The van der Waals surface area contributed by atoms with Gasteiger partial charge in [-0.1, -0.05) is 36.4 Å². The van der Waals surface area contributed by atoms with Crippen molar-refractivity contribution in [1.29, 1.82) is 0 Å². The van der Waals surface area contributed by atoms with Crippen molar-refractivity contribution in [2.45, 2.75) is 19.4 Å². The van der Waals surface area contributed by atoms with Crippen molar-refractivity contribution in [2.75, 3.05) is 54.4 Å². The molecule has 3 aromatic rings. The van der Waals surface area contributed by atoms with Crippen LogP contribution in [0.15, 0.2) is 78.9 Å². The summed E-state index contributed by atoms with van der Waals surface area (Å²) in [5.41, 5.74) is 5.28. The van der Waals surface area contributed by atoms with E-state index in [2.05, 4.69) is 74.6 Å². The maximum Gasteiger partial charge on any atom is 0.255 e. The molecule has 0 radical (unpaired) electrons. The van der Waals surface area contributed by atoms with Gasteiger partial charge in [-0.3, -0.25) is 9.69 Å². The van der Waals surface area contributed by atoms with Gasteiger partial charge in [0.05, 0.1) is 0 Å². The Kier molecular flexibility index (Phi) is 6.58. The topological polar surface area (TPSA) is 38.8 Å². The highest BCUT2D eigenvalue weighted by molar-refractivity contribution is 6.04. The molecule has 2 aliphatic rings. The van der Waals surface area contributed by atoms with Gasteiger partial charge in [0.15, 0.2) is 0 Å². The van der Waals surface area contributed by atoms with E-state index in [-0.39, 0.29) is 5.91 Å². The van der Waals surface area contributed by atoms with E-state index in [1.165, 1.54) is 29.8 Å². The van der Waals surface area contributed by atoms with E-state index >= 15 is 0 Å². The molecule has 1 amide bonds. The van der Waals surface area contributed by atoms with Gasteiger partial charge in [0.25, 0.3) is 5.91 Å². The number of nitrogens with zero attached hydrogens (tertiary/aromatic N) is 3. The standard InChI is InChI=1S/C28H32N4O/c33-28(29-25-9-6-10-27(21-25)31-15-4-5-16-31)24-11-13-26(14-12-24)32-19-17-30(18-20-32)22-23-7-2-1-3-8-23/h1-3,6-14,21H,4-5,15-20,22H2,(H,29,33). The maximum atomic E-state index is 12.8. The van der Waals surface area contributed by atoms with Crippen LogP contribution in [0.25, 0.3) is 0 Å². The number of carbonyl (C=O) groups excluding carboxylic acids is 1. The molecule has 170 valence electrons. The van der Waals surface area contributed by atoms with E-state index in [1.807, 2.05) is 24.3 Å². The SMILES string of the molecule is O=C(Nc1cccc(N2CCCC2)c1)c1ccc(N2CCN(Cc3ccccc3)CC2)cc1. The minimum Gasteiger partial charge on any atom is -0.371 e. The van der Waals surface area contributed by atoms with Crippen molar-refractivity contribution in [3.05, 3.63) is 90.0 Å². The average Bonchev–Trinajstić information content (AvgIpc) is 3.41. The first-order chi connectivity index (χ1) is 16.2. The molecule has 0 spiro atoms. The Hall–Kier alpha value is -3.31. The summed E-state index contributed by atoms with van der Waals surface area (Å²) in [7, 11) is 0. The second-order valence-electron chi connectivity index (χ2n) is 8.99. The monoisotopic (exact) mass is 440 g/mol. The summed E-state index contributed by atoms with van der Waals surface area (Å²) >= 11 is 0. The summed E-state index contributed by atoms with van der Waals surface area (Å²) in [5.74, 6) is -0.0622. The number of rotatable bonds is 6. The lowest BCUT2D eigenvalue weighted by molar-refractivity contribution is 0.102. The molecule has 2 heterocycles. The molecule has 2 saturated heterocycles. The van der Waals surface area contributed by atoms with Gasteiger partial charge in [0.2, 0.25) is 0 Å². The Morgan fingerprint density at radius 3 is 2.12 bits per heavy atom. The molecule has 5 nitrogen and oxygen atoms in total. The van der Waals surface area contributed by atoms with Gasteiger partial charge >= 0.3 is 0 Å². The molecule has 0 unspecified atom stereocenters. The van der Waals surface area contributed by atoms with Crippen LogP contribution in [0.5, 0.6) is 0 Å². The van der Waals surface area contributed by atoms with E-state index in [1.54, 1.807) is 0 Å². The van der Waals surface area contributed by atoms with E-state index < -0.39 is 0 Å². The second-order valence-corrected chi connectivity index (χ2v) is 8.99. The maximum absolute atomic E-state index is 12.8. The fraction of sp³-hybridized carbons (Fsp3) is 0.321. The van der Waals surface area contributed by atoms with Crippen LogP contribution in [0, 0.1) is 0 Å². The normalized spacial score (nSPS) is 16.7. The Labute approximate surface area is 196 Å². The van der Waals surface area contributed by atoms with Crippen LogP contribution in [0.4, 0.5) is 17.1 Å². The molecule has 5 rings (SSSR count). The molecule has 0 bridgehead atoms. The molecule has 2 aliphatic heterocycles. The van der Waals surface area contributed by atoms with Crippen LogP contribution >= 0.6 is 0 Å². The Bertz CT molecular complexity index is 1050. The van der Waals surface area contributed by atoms with Gasteiger partial charge < -0.3 is 15.1 Å². The predicted octanol–water partition coefficient (Wildman–Crippen LogP) is 4.86. The number of hydrogen-bond acceptors (Lipinski definition) is 4. The summed E-state index contributed by atoms with van der Waals surface area (Å²) in [6.45, 7) is 7.30. The Balaban J connectivity index is 1.15. The molecule has 5 heteroatoms. The highest BCUT2D eigenvalue weighted by Crippen LogP contribution is 2.24. The highest BCUT2D eigenvalue weighted by Gasteiger charge is 2.18. The molecule has 0 saturated carbocycles. The van der Waals surface area contributed by atoms with E-state index in [0.29, 0.717) is 5.56 Å². The molecular weight excluding hydrogens is 408 g/mol. The molecule has 2 fully saturated rings. The quantitative estimate of drug-likeness (QED) is 0.594. The third kappa shape index (κ3) is 5.37. The van der Waals surface area contributed by atoms with Gasteiger partial charge in [-0.25, -0.2) is 0 Å². The number of anilines is 3. The van der Waals surface area contributed by atoms with Crippen LogP contribution in [0.2, 0.25) is 0 Å². The fourth-order valence-corrected chi connectivity index (χ4v) is 4.79. The summed E-state index contributed by atoms with van der Waals surface area (Å²) in [6, 6.07) is 26.9. The minimum atomic E-state index is -0.0622. The van der Waals surface area contributed by atoms with Crippen LogP contribution in [0.3, 0.4) is 0 Å². The van der Waals surface area contributed by atoms with Gasteiger partial charge in [-0.15, -0.1) is 0 Å². The number of amides is 1. The highest BCUT2D eigenvalue weighted by atomic mass is 16.1. The Morgan fingerprint density at radius 2 is 1.39 bits per heavy atom. The number of carbonyl (C=O) groups is 1. The van der Waals surface area contributed by atoms with Crippen molar-refractivity contribution in [2.24, 2.45) is 0 Å². The zero-order valence-electron chi connectivity index (χ0n) is 19.1. The van der Waals surface area contributed by atoms with Gasteiger partial charge in [-0.05, 0) is 60.9 Å². The number of hydrogen-bond donors (Lipinski definition) is 1. The number of nitrogens with one attached hydrogen (secondary N) is 1. The smallest absolute Gasteiger partial charge is 0.255 e. The largest absolute Gasteiger partial charge is 0.371 e. The first-order valence-electron chi connectivity index (χ1n) is 12.0. The molecular formula is C28H32N4O. The second kappa shape index (κ2) is 10.1. The van der Waals surface area contributed by atoms with Crippen molar-refractivity contribution >= 4 is 23.0 Å². The lowest BCUT2D eigenvalue weighted by Crippen LogP contribution is -2.45. The van der Waals surface area contributed by atoms with Crippen molar-refractivity contribution in [3.8, 4) is 0 Å². The first kappa shape index (κ1) is 21.5. The number of piperazine rings is 1. The van der Waals surface area contributed by atoms with Crippen LogP contribution in [-0.2, 0) is 6.54 Å². The predicted molar refractivity (Wildman–Crippen MR) is 136 cm³/mol. The van der Waals surface area contributed by atoms with Crippen molar-refractivity contribution in [3.63, 3.8) is 0 Å². The summed E-state index contributed by atoms with van der Waals surface area (Å²) < 4.78 is 0. The molecule has 1 N–H and O–H groups in total.